The Kier molecular flexibility index (Phi) is 7.55. The molecule has 248 valence electrons. The van der Waals surface area contributed by atoms with Gasteiger partial charge in [0, 0.05) is 17.1 Å². The number of hydrogen-bond acceptors (Lipinski definition) is 1. The fourth-order valence-corrected chi connectivity index (χ4v) is 7.98. The van der Waals surface area contributed by atoms with Gasteiger partial charge in [0.25, 0.3) is 0 Å². The molecule has 10 aromatic rings. The van der Waals surface area contributed by atoms with E-state index in [9.17, 15) is 0 Å². The number of fused-ring (bicyclic) bond motifs is 5. The first-order valence-corrected chi connectivity index (χ1v) is 18.3. The molecule has 0 bridgehead atoms. The first-order valence-electron chi connectivity index (χ1n) is 18.3. The van der Waals surface area contributed by atoms with E-state index in [-0.39, 0.29) is 0 Å². The summed E-state index contributed by atoms with van der Waals surface area (Å²) in [5, 5.41) is 9.98. The van der Waals surface area contributed by atoms with Crippen molar-refractivity contribution in [2.45, 2.75) is 0 Å². The lowest BCUT2D eigenvalue weighted by molar-refractivity contribution is 1.29. The molecule has 1 heteroatoms. The van der Waals surface area contributed by atoms with Crippen LogP contribution < -0.4 is 4.90 Å². The van der Waals surface area contributed by atoms with Gasteiger partial charge in [0.05, 0.1) is 0 Å². The highest BCUT2D eigenvalue weighted by Gasteiger charge is 2.18. The van der Waals surface area contributed by atoms with E-state index in [2.05, 4.69) is 217 Å². The molecule has 10 rings (SSSR count). The van der Waals surface area contributed by atoms with E-state index in [1.165, 1.54) is 76.5 Å². The van der Waals surface area contributed by atoms with Crippen LogP contribution in [0.2, 0.25) is 0 Å². The van der Waals surface area contributed by atoms with Gasteiger partial charge in [-0.3, -0.25) is 0 Å². The Balaban J connectivity index is 1.17. The smallest absolute Gasteiger partial charge is 0.0468 e. The van der Waals surface area contributed by atoms with Gasteiger partial charge in [-0.1, -0.05) is 170 Å². The van der Waals surface area contributed by atoms with Gasteiger partial charge in [0.2, 0.25) is 0 Å². The summed E-state index contributed by atoms with van der Waals surface area (Å²) in [6, 6.07) is 77.4. The molecule has 0 aromatic heterocycles. The minimum absolute atomic E-state index is 1.10. The summed E-state index contributed by atoms with van der Waals surface area (Å²) < 4.78 is 0. The number of nitrogens with zero attached hydrogens (tertiary/aromatic N) is 1. The fourth-order valence-electron chi connectivity index (χ4n) is 7.98. The van der Waals surface area contributed by atoms with Crippen molar-refractivity contribution in [3.05, 3.63) is 212 Å². The van der Waals surface area contributed by atoms with Crippen LogP contribution in [0.1, 0.15) is 0 Å². The molecule has 0 aliphatic heterocycles. The van der Waals surface area contributed by atoms with E-state index in [0.717, 1.165) is 17.1 Å². The lowest BCUT2D eigenvalue weighted by Crippen LogP contribution is -2.10. The van der Waals surface area contributed by atoms with Gasteiger partial charge in [-0.05, 0) is 119 Å². The summed E-state index contributed by atoms with van der Waals surface area (Å²) in [6.45, 7) is 0. The van der Waals surface area contributed by atoms with Crippen molar-refractivity contribution in [1.82, 2.24) is 0 Å². The van der Waals surface area contributed by atoms with Crippen LogP contribution in [0.5, 0.6) is 0 Å². The zero-order chi connectivity index (χ0) is 35.1. The highest BCUT2D eigenvalue weighted by Crippen LogP contribution is 2.43. The summed E-state index contributed by atoms with van der Waals surface area (Å²) in [5.74, 6) is 0. The summed E-state index contributed by atoms with van der Waals surface area (Å²) in [5.41, 5.74) is 10.6. The lowest BCUT2D eigenvalue weighted by atomic mass is 9.92. The predicted molar refractivity (Wildman–Crippen MR) is 227 cm³/mol. The van der Waals surface area contributed by atoms with E-state index < -0.39 is 0 Å². The molecule has 1 nitrogen and oxygen atoms in total. The van der Waals surface area contributed by atoms with E-state index in [0.29, 0.717) is 0 Å². The zero-order valence-electron chi connectivity index (χ0n) is 29.2. The van der Waals surface area contributed by atoms with Crippen LogP contribution in [0.15, 0.2) is 212 Å². The molecule has 0 atom stereocenters. The molecule has 10 aromatic carbocycles. The second-order valence-corrected chi connectivity index (χ2v) is 13.8. The Morgan fingerprint density at radius 1 is 0.226 bits per heavy atom. The topological polar surface area (TPSA) is 3.24 Å². The van der Waals surface area contributed by atoms with Gasteiger partial charge < -0.3 is 4.90 Å². The van der Waals surface area contributed by atoms with Gasteiger partial charge in [0.15, 0.2) is 0 Å². The molecule has 0 saturated heterocycles. The minimum atomic E-state index is 1.10. The molecular formula is C52H35N. The molecule has 0 aliphatic carbocycles. The van der Waals surface area contributed by atoms with Crippen molar-refractivity contribution in [2.75, 3.05) is 4.90 Å². The zero-order valence-corrected chi connectivity index (χ0v) is 29.2. The third-order valence-electron chi connectivity index (χ3n) is 10.6. The quantitative estimate of drug-likeness (QED) is 0.159. The first-order chi connectivity index (χ1) is 26.3. The van der Waals surface area contributed by atoms with Crippen LogP contribution in [-0.4, -0.2) is 0 Å². The third kappa shape index (κ3) is 5.60. The Morgan fingerprint density at radius 3 is 1.57 bits per heavy atom. The monoisotopic (exact) mass is 673 g/mol. The summed E-state index contributed by atoms with van der Waals surface area (Å²) in [4.78, 5) is 2.41. The maximum Gasteiger partial charge on any atom is 0.0468 e. The van der Waals surface area contributed by atoms with Crippen LogP contribution in [0, 0.1) is 0 Å². The van der Waals surface area contributed by atoms with E-state index in [4.69, 9.17) is 0 Å². The second kappa shape index (κ2) is 13.0. The number of rotatable bonds is 6. The number of anilines is 3. The minimum Gasteiger partial charge on any atom is -0.310 e. The Hall–Kier alpha value is -6.96. The average Bonchev–Trinajstić information content (AvgIpc) is 3.24. The van der Waals surface area contributed by atoms with E-state index in [1.807, 2.05) is 0 Å². The molecule has 0 radical (unpaired) electrons. The van der Waals surface area contributed by atoms with Gasteiger partial charge in [-0.15, -0.1) is 0 Å². The first kappa shape index (κ1) is 30.8. The van der Waals surface area contributed by atoms with Gasteiger partial charge >= 0.3 is 0 Å². The number of benzene rings is 10. The van der Waals surface area contributed by atoms with Crippen LogP contribution in [-0.2, 0) is 0 Å². The van der Waals surface area contributed by atoms with Crippen LogP contribution in [0.4, 0.5) is 17.1 Å². The van der Waals surface area contributed by atoms with Crippen LogP contribution >= 0.6 is 0 Å². The van der Waals surface area contributed by atoms with Crippen molar-refractivity contribution in [2.24, 2.45) is 0 Å². The molecule has 0 aliphatic rings. The summed E-state index contributed by atoms with van der Waals surface area (Å²) >= 11 is 0. The summed E-state index contributed by atoms with van der Waals surface area (Å²) in [7, 11) is 0. The van der Waals surface area contributed by atoms with Gasteiger partial charge in [-0.2, -0.15) is 0 Å². The fraction of sp³-hybridized carbons (Fsp3) is 0. The molecule has 0 fully saturated rings. The molecule has 0 saturated carbocycles. The van der Waals surface area contributed by atoms with Gasteiger partial charge in [-0.25, -0.2) is 0 Å². The molecule has 0 spiro atoms. The predicted octanol–water partition coefficient (Wildman–Crippen LogP) is 14.8. The molecule has 0 amide bonds. The molecular weight excluding hydrogens is 639 g/mol. The molecule has 0 N–H and O–H groups in total. The Morgan fingerprint density at radius 2 is 0.755 bits per heavy atom. The third-order valence-corrected chi connectivity index (χ3v) is 10.6. The lowest BCUT2D eigenvalue weighted by Gasteiger charge is -2.27. The van der Waals surface area contributed by atoms with Crippen molar-refractivity contribution in [3.8, 4) is 33.4 Å². The van der Waals surface area contributed by atoms with Crippen LogP contribution in [0.25, 0.3) is 76.5 Å². The molecule has 0 unspecified atom stereocenters. The van der Waals surface area contributed by atoms with Crippen molar-refractivity contribution in [1.29, 1.82) is 0 Å². The molecule has 53 heavy (non-hydrogen) atoms. The Labute approximate surface area is 309 Å². The maximum absolute atomic E-state index is 2.41. The van der Waals surface area contributed by atoms with Crippen LogP contribution in [0.3, 0.4) is 0 Å². The largest absolute Gasteiger partial charge is 0.310 e. The van der Waals surface area contributed by atoms with E-state index >= 15 is 0 Å². The van der Waals surface area contributed by atoms with Crippen molar-refractivity contribution < 1.29 is 0 Å². The normalized spacial score (nSPS) is 11.4. The number of hydrogen-bond donors (Lipinski definition) is 0. The highest BCUT2D eigenvalue weighted by molar-refractivity contribution is 6.09. The summed E-state index contributed by atoms with van der Waals surface area (Å²) in [6.07, 6.45) is 0. The molecule has 0 heterocycles. The SMILES string of the molecule is c1ccc(-c2cc(N(c3ccc(-c4cccc5ccccc45)cc3)c3ccc4ccc5ccccc5c4c3)ccc2-c2ccc3ccccc3c2)cc1. The highest BCUT2D eigenvalue weighted by atomic mass is 15.1. The van der Waals surface area contributed by atoms with Gasteiger partial charge in [0.1, 0.15) is 0 Å². The Bertz CT molecular complexity index is 2940. The standard InChI is InChI=1S/C52H35N/c1-2-12-38(13-3-1)51-35-46(31-32-50(51)43-24-21-36-11-4-5-16-42(36)33-43)53(45-30-27-41-23-22-39-15-7-9-19-49(39)52(41)34-45)44-28-25-40(26-29-44)48-20-10-17-37-14-6-8-18-47(37)48/h1-35H. The van der Waals surface area contributed by atoms with Crippen molar-refractivity contribution >= 4 is 60.2 Å². The maximum atomic E-state index is 2.41. The van der Waals surface area contributed by atoms with E-state index in [1.54, 1.807) is 0 Å². The second-order valence-electron chi connectivity index (χ2n) is 13.8. The average molecular weight is 674 g/mol. The van der Waals surface area contributed by atoms with Crippen molar-refractivity contribution in [3.63, 3.8) is 0 Å².